The monoisotopic (exact) mass is 311 g/mol. The fourth-order valence-corrected chi connectivity index (χ4v) is 4.87. The summed E-state index contributed by atoms with van der Waals surface area (Å²) in [7, 11) is -4.85. The van der Waals surface area contributed by atoms with Gasteiger partial charge < -0.3 is 0 Å². The molecule has 110 valence electrons. The zero-order valence-corrected chi connectivity index (χ0v) is 14.4. The summed E-state index contributed by atoms with van der Waals surface area (Å²) in [6, 6.07) is 7.93. The van der Waals surface area contributed by atoms with Crippen molar-refractivity contribution in [2.75, 3.05) is 0 Å². The van der Waals surface area contributed by atoms with E-state index in [1.807, 2.05) is 24.3 Å². The number of carbonyl (C=O) groups is 1. The molecule has 1 heterocycles. The molecule has 4 nitrogen and oxygen atoms in total. The quantitative estimate of drug-likeness (QED) is 0.798. The largest absolute Gasteiger partial charge is 0.272 e. The van der Waals surface area contributed by atoms with Gasteiger partial charge in [-0.15, -0.1) is 0 Å². The summed E-state index contributed by atoms with van der Waals surface area (Å²) in [5.41, 5.74) is 0.847. The van der Waals surface area contributed by atoms with E-state index in [0.717, 1.165) is 9.87 Å². The summed E-state index contributed by atoms with van der Waals surface area (Å²) in [5.74, 6) is -0.327. The maximum absolute atomic E-state index is 12.0. The van der Waals surface area contributed by atoms with Gasteiger partial charge in [0.2, 0.25) is 0 Å². The van der Waals surface area contributed by atoms with Crippen molar-refractivity contribution in [2.45, 2.75) is 44.8 Å². The average molecular weight is 311 g/mol. The molecule has 0 N–H and O–H groups in total. The lowest BCUT2D eigenvalue weighted by Gasteiger charge is -2.43. The molecule has 1 aliphatic heterocycles. The molecule has 0 bridgehead atoms. The number of sulfonamides is 1. The van der Waals surface area contributed by atoms with Crippen LogP contribution < -0.4 is 5.19 Å². The maximum Gasteiger partial charge on any atom is 0.259 e. The molecule has 0 atom stereocenters. The van der Waals surface area contributed by atoms with E-state index in [0.29, 0.717) is 0 Å². The van der Waals surface area contributed by atoms with Gasteiger partial charge in [-0.1, -0.05) is 49.1 Å². The molecule has 1 fully saturated rings. The van der Waals surface area contributed by atoms with Crippen molar-refractivity contribution in [3.63, 3.8) is 0 Å². The van der Waals surface area contributed by atoms with Gasteiger partial charge in [0.15, 0.2) is 4.75 Å². The van der Waals surface area contributed by atoms with E-state index < -0.39 is 22.8 Å². The molecule has 0 aliphatic carbocycles. The first kappa shape index (κ1) is 15.2. The topological polar surface area (TPSA) is 54.5 Å². The Morgan fingerprint density at radius 3 is 2.00 bits per heavy atom. The van der Waals surface area contributed by atoms with Crippen LogP contribution in [0, 0.1) is 0 Å². The van der Waals surface area contributed by atoms with Gasteiger partial charge in [0, 0.05) is 0 Å². The smallest absolute Gasteiger partial charge is 0.259 e. The highest BCUT2D eigenvalue weighted by Gasteiger charge is 2.59. The first-order valence-electron chi connectivity index (χ1n) is 6.64. The molecule has 0 unspecified atom stereocenters. The highest BCUT2D eigenvalue weighted by Crippen LogP contribution is 2.35. The Labute approximate surface area is 121 Å². The van der Waals surface area contributed by atoms with Crippen LogP contribution in [0.3, 0.4) is 0 Å². The summed E-state index contributed by atoms with van der Waals surface area (Å²) in [5, 5.41) is 1.32. The van der Waals surface area contributed by atoms with Crippen molar-refractivity contribution >= 4 is 29.2 Å². The van der Waals surface area contributed by atoms with Crippen LogP contribution in [-0.4, -0.2) is 31.5 Å². The molecule has 6 heteroatoms. The lowest BCUT2D eigenvalue weighted by molar-refractivity contribution is -0.132. The molecule has 1 aliphatic rings. The van der Waals surface area contributed by atoms with Gasteiger partial charge in [-0.25, -0.2) is 12.7 Å². The zero-order valence-electron chi connectivity index (χ0n) is 12.6. The third-order valence-electron chi connectivity index (χ3n) is 3.82. The summed E-state index contributed by atoms with van der Waals surface area (Å²) >= 11 is 0. The molecule has 20 heavy (non-hydrogen) atoms. The van der Waals surface area contributed by atoms with Crippen LogP contribution in [-0.2, 0) is 21.4 Å². The van der Waals surface area contributed by atoms with Crippen molar-refractivity contribution in [1.82, 2.24) is 4.31 Å². The molecule has 1 saturated heterocycles. The van der Waals surface area contributed by atoms with Crippen LogP contribution in [0.25, 0.3) is 0 Å². The summed E-state index contributed by atoms with van der Waals surface area (Å²) < 4.78 is 23.7. The molecule has 1 aromatic rings. The zero-order chi connectivity index (χ0) is 15.3. The second-order valence-corrected chi connectivity index (χ2v) is 14.3. The van der Waals surface area contributed by atoms with Gasteiger partial charge in [0.25, 0.3) is 15.9 Å². The Morgan fingerprint density at radius 1 is 1.10 bits per heavy atom. The van der Waals surface area contributed by atoms with Crippen molar-refractivity contribution in [2.24, 2.45) is 0 Å². The fraction of sp³-hybridized carbons (Fsp3) is 0.500. The molecular weight excluding hydrogens is 290 g/mol. The Balaban J connectivity index is 2.19. The number of hydrogen-bond donors (Lipinski definition) is 0. The van der Waals surface area contributed by atoms with E-state index in [2.05, 4.69) is 19.6 Å². The molecule has 0 radical (unpaired) electrons. The van der Waals surface area contributed by atoms with E-state index in [9.17, 15) is 13.2 Å². The van der Waals surface area contributed by atoms with Crippen LogP contribution in [0.4, 0.5) is 0 Å². The van der Waals surface area contributed by atoms with E-state index in [4.69, 9.17) is 0 Å². The van der Waals surface area contributed by atoms with Gasteiger partial charge in [-0.05, 0) is 19.4 Å². The SMILES string of the molecule is CC1(C)C(=O)N(Cc2ccc([Si](C)(C)C)cc2)S1(=O)=O. The van der Waals surface area contributed by atoms with Gasteiger partial charge >= 0.3 is 0 Å². The molecule has 2 rings (SSSR count). The first-order chi connectivity index (χ1) is 8.98. The molecule has 0 aromatic heterocycles. The van der Waals surface area contributed by atoms with Crippen LogP contribution in [0.15, 0.2) is 24.3 Å². The Morgan fingerprint density at radius 2 is 1.60 bits per heavy atom. The normalized spacial score (nSPS) is 20.6. The van der Waals surface area contributed by atoms with Crippen LogP contribution in [0.2, 0.25) is 19.6 Å². The van der Waals surface area contributed by atoms with Crippen molar-refractivity contribution in [3.8, 4) is 0 Å². The molecular formula is C14H21NO3SSi. The Kier molecular flexibility index (Phi) is 3.38. The first-order valence-corrected chi connectivity index (χ1v) is 11.6. The number of carbonyl (C=O) groups excluding carboxylic acids is 1. The highest BCUT2D eigenvalue weighted by atomic mass is 32.2. The van der Waals surface area contributed by atoms with Crippen LogP contribution in [0.1, 0.15) is 19.4 Å². The molecule has 1 amide bonds. The van der Waals surface area contributed by atoms with Crippen LogP contribution >= 0.6 is 0 Å². The number of rotatable bonds is 3. The van der Waals surface area contributed by atoms with E-state index >= 15 is 0 Å². The summed E-state index contributed by atoms with van der Waals surface area (Å²) in [4.78, 5) is 11.9. The number of hydrogen-bond acceptors (Lipinski definition) is 3. The third kappa shape index (κ3) is 2.20. The lowest BCUT2D eigenvalue weighted by Crippen LogP contribution is -2.66. The van der Waals surface area contributed by atoms with Gasteiger partial charge in [-0.2, -0.15) is 0 Å². The average Bonchev–Trinajstić information content (AvgIpc) is 2.34. The van der Waals surface area contributed by atoms with Gasteiger partial charge in [-0.3, -0.25) is 4.79 Å². The Hall–Kier alpha value is -1.14. The highest BCUT2D eigenvalue weighted by molar-refractivity contribution is 7.94. The fourth-order valence-electron chi connectivity index (χ4n) is 2.19. The summed E-state index contributed by atoms with van der Waals surface area (Å²) in [6.45, 7) is 9.82. The Bertz CT molecular complexity index is 642. The van der Waals surface area contributed by atoms with E-state index in [-0.39, 0.29) is 12.5 Å². The van der Waals surface area contributed by atoms with E-state index in [1.165, 1.54) is 19.0 Å². The minimum atomic E-state index is -3.49. The second kappa shape index (κ2) is 4.43. The number of benzene rings is 1. The standard InChI is InChI=1S/C14H21NO3SSi/c1-14(2)13(16)15(19(14,17)18)10-11-6-8-12(9-7-11)20(3,4)5/h6-9H,10H2,1-5H3. The summed E-state index contributed by atoms with van der Waals surface area (Å²) in [6.07, 6.45) is 0. The van der Waals surface area contributed by atoms with Crippen molar-refractivity contribution in [1.29, 1.82) is 0 Å². The number of amides is 1. The minimum Gasteiger partial charge on any atom is -0.272 e. The number of nitrogens with zero attached hydrogens (tertiary/aromatic N) is 1. The lowest BCUT2D eigenvalue weighted by atomic mass is 10.1. The van der Waals surface area contributed by atoms with Crippen molar-refractivity contribution in [3.05, 3.63) is 29.8 Å². The molecule has 0 spiro atoms. The third-order valence-corrected chi connectivity index (χ3v) is 8.23. The predicted octanol–water partition coefficient (Wildman–Crippen LogP) is 1.68. The minimum absolute atomic E-state index is 0.135. The van der Waals surface area contributed by atoms with Crippen LogP contribution in [0.5, 0.6) is 0 Å². The van der Waals surface area contributed by atoms with Gasteiger partial charge in [0.1, 0.15) is 0 Å². The molecule has 0 saturated carbocycles. The molecule has 1 aromatic carbocycles. The maximum atomic E-state index is 12.0. The second-order valence-electron chi connectivity index (χ2n) is 6.77. The van der Waals surface area contributed by atoms with Gasteiger partial charge in [0.05, 0.1) is 14.6 Å². The van der Waals surface area contributed by atoms with Crippen molar-refractivity contribution < 1.29 is 13.2 Å². The predicted molar refractivity (Wildman–Crippen MR) is 83.0 cm³/mol. The van der Waals surface area contributed by atoms with E-state index in [1.54, 1.807) is 0 Å².